The van der Waals surface area contributed by atoms with E-state index in [2.05, 4.69) is 5.92 Å². The predicted molar refractivity (Wildman–Crippen MR) is 42.2 cm³/mol. The largest absolute Gasteiger partial charge is 0.472 e. The summed E-state index contributed by atoms with van der Waals surface area (Å²) in [6.07, 6.45) is 0.461. The fourth-order valence-electron chi connectivity index (χ4n) is 1.07. The van der Waals surface area contributed by atoms with Crippen LogP contribution >= 0.6 is 0 Å². The molecule has 0 aromatic carbocycles. The second-order valence-electron chi connectivity index (χ2n) is 2.67. The van der Waals surface area contributed by atoms with Crippen molar-refractivity contribution in [2.45, 2.75) is 6.42 Å². The molecule has 1 aliphatic rings. The topological polar surface area (TPSA) is 71.4 Å². The lowest BCUT2D eigenvalue weighted by Crippen LogP contribution is -2.03. The number of carboxylic acid groups (broad SMARTS) is 1. The maximum atomic E-state index is 10.9. The molecule has 0 saturated carbocycles. The average Bonchev–Trinajstić information content (AvgIpc) is 2.26. The molecule has 0 aliphatic carbocycles. The van der Waals surface area contributed by atoms with E-state index in [1.807, 2.05) is 5.92 Å². The van der Waals surface area contributed by atoms with Gasteiger partial charge in [-0.1, -0.05) is 5.92 Å². The third-order valence-corrected chi connectivity index (χ3v) is 3.38. The van der Waals surface area contributed by atoms with E-state index in [1.165, 1.54) is 0 Å². The lowest BCUT2D eigenvalue weighted by atomic mass is 10.1. The Kier molecular flexibility index (Phi) is 2.38. The number of carbonyl (C=O) groups is 1. The molecule has 1 unspecified atom stereocenters. The van der Waals surface area contributed by atoms with Crippen LogP contribution in [-0.2, 0) is 14.6 Å². The minimum absolute atomic E-state index is 0.00722. The Balaban J connectivity index is 2.62. The molecule has 66 valence electrons. The number of hydrogen-bond donors (Lipinski definition) is 1. The van der Waals surface area contributed by atoms with E-state index in [1.54, 1.807) is 0 Å². The zero-order valence-corrected chi connectivity index (χ0v) is 7.10. The molecule has 1 aliphatic heterocycles. The van der Waals surface area contributed by atoms with Gasteiger partial charge >= 0.3 is 5.97 Å². The summed E-state index contributed by atoms with van der Waals surface area (Å²) in [6.45, 7) is 0. The molecule has 1 atom stereocenters. The Bertz CT molecular complexity index is 343. The molecule has 0 aromatic heterocycles. The monoisotopic (exact) mass is 188 g/mol. The Morgan fingerprint density at radius 3 is 2.58 bits per heavy atom. The average molecular weight is 188 g/mol. The first-order valence-corrected chi connectivity index (χ1v) is 5.26. The van der Waals surface area contributed by atoms with Gasteiger partial charge < -0.3 is 5.11 Å². The summed E-state index contributed by atoms with van der Waals surface area (Å²) in [5.41, 5.74) is 0. The summed E-state index contributed by atoms with van der Waals surface area (Å²) in [5.74, 6) is 2.98. The Morgan fingerprint density at radius 1 is 1.50 bits per heavy atom. The predicted octanol–water partition coefficient (Wildman–Crippen LogP) is -0.491. The summed E-state index contributed by atoms with van der Waals surface area (Å²) in [7, 11) is -2.94. The van der Waals surface area contributed by atoms with Crippen molar-refractivity contribution in [1.82, 2.24) is 0 Å². The SMILES string of the molecule is O=C(O)C#CC1CCS(=O)(=O)C1. The lowest BCUT2D eigenvalue weighted by molar-refractivity contribution is -0.130. The molecule has 0 amide bonds. The summed E-state index contributed by atoms with van der Waals surface area (Å²) in [5, 5.41) is 8.18. The molecular formula is C7H8O4S. The molecule has 1 fully saturated rings. The maximum absolute atomic E-state index is 10.9. The van der Waals surface area contributed by atoms with Crippen LogP contribution in [0.15, 0.2) is 0 Å². The minimum Gasteiger partial charge on any atom is -0.472 e. The quantitative estimate of drug-likeness (QED) is 0.521. The zero-order valence-electron chi connectivity index (χ0n) is 6.28. The smallest absolute Gasteiger partial charge is 0.381 e. The highest BCUT2D eigenvalue weighted by Crippen LogP contribution is 2.16. The standard InChI is InChI=1S/C7H8O4S/c8-7(9)2-1-6-3-4-12(10,11)5-6/h6H,3-5H2,(H,8,9). The van der Waals surface area contributed by atoms with Crippen LogP contribution in [0.2, 0.25) is 0 Å². The van der Waals surface area contributed by atoms with Gasteiger partial charge in [-0.2, -0.15) is 0 Å². The highest BCUT2D eigenvalue weighted by atomic mass is 32.2. The van der Waals surface area contributed by atoms with Crippen LogP contribution in [0.3, 0.4) is 0 Å². The van der Waals surface area contributed by atoms with Gasteiger partial charge in [0.2, 0.25) is 0 Å². The van der Waals surface area contributed by atoms with Crippen molar-refractivity contribution in [3.8, 4) is 11.8 Å². The van der Waals surface area contributed by atoms with Crippen molar-refractivity contribution in [2.24, 2.45) is 5.92 Å². The molecule has 0 radical (unpaired) electrons. The van der Waals surface area contributed by atoms with Gasteiger partial charge in [-0.25, -0.2) is 13.2 Å². The van der Waals surface area contributed by atoms with Crippen molar-refractivity contribution in [2.75, 3.05) is 11.5 Å². The molecule has 1 saturated heterocycles. The van der Waals surface area contributed by atoms with Crippen molar-refractivity contribution < 1.29 is 18.3 Å². The van der Waals surface area contributed by atoms with E-state index < -0.39 is 15.8 Å². The van der Waals surface area contributed by atoms with E-state index in [0.717, 1.165) is 0 Å². The van der Waals surface area contributed by atoms with Gasteiger partial charge in [-0.3, -0.25) is 0 Å². The van der Waals surface area contributed by atoms with E-state index in [9.17, 15) is 13.2 Å². The first-order chi connectivity index (χ1) is 5.49. The molecule has 1 N–H and O–H groups in total. The second-order valence-corrected chi connectivity index (χ2v) is 4.90. The number of aliphatic carboxylic acids is 1. The van der Waals surface area contributed by atoms with Gasteiger partial charge in [0, 0.05) is 11.8 Å². The molecule has 4 nitrogen and oxygen atoms in total. The fraction of sp³-hybridized carbons (Fsp3) is 0.571. The normalized spacial score (nSPS) is 25.8. The number of rotatable bonds is 0. The molecule has 0 bridgehead atoms. The maximum Gasteiger partial charge on any atom is 0.381 e. The van der Waals surface area contributed by atoms with Gasteiger partial charge in [0.1, 0.15) is 0 Å². The van der Waals surface area contributed by atoms with Crippen LogP contribution in [0.4, 0.5) is 0 Å². The highest BCUT2D eigenvalue weighted by Gasteiger charge is 2.26. The van der Waals surface area contributed by atoms with Crippen LogP contribution in [0.5, 0.6) is 0 Å². The van der Waals surface area contributed by atoms with Crippen LogP contribution in [0.1, 0.15) is 6.42 Å². The molecule has 1 heterocycles. The van der Waals surface area contributed by atoms with E-state index >= 15 is 0 Å². The Labute approximate surface area is 70.5 Å². The third kappa shape index (κ3) is 2.55. The van der Waals surface area contributed by atoms with Crippen molar-refractivity contribution >= 4 is 15.8 Å². The van der Waals surface area contributed by atoms with E-state index in [0.29, 0.717) is 6.42 Å². The second kappa shape index (κ2) is 3.15. The third-order valence-electron chi connectivity index (χ3n) is 1.62. The molecule has 1 rings (SSSR count). The zero-order chi connectivity index (χ0) is 9.19. The Morgan fingerprint density at radius 2 is 2.17 bits per heavy atom. The first kappa shape index (κ1) is 9.07. The van der Waals surface area contributed by atoms with Gasteiger partial charge in [0.05, 0.1) is 11.5 Å². The number of hydrogen-bond acceptors (Lipinski definition) is 3. The minimum atomic E-state index is -2.94. The molecule has 12 heavy (non-hydrogen) atoms. The molecule has 0 spiro atoms. The molecule has 5 heteroatoms. The van der Waals surface area contributed by atoms with Crippen molar-refractivity contribution in [3.63, 3.8) is 0 Å². The summed E-state index contributed by atoms with van der Waals surface area (Å²) < 4.78 is 21.7. The lowest BCUT2D eigenvalue weighted by Gasteiger charge is -1.91. The molecule has 0 aromatic rings. The first-order valence-electron chi connectivity index (χ1n) is 3.44. The van der Waals surface area contributed by atoms with Crippen LogP contribution in [-0.4, -0.2) is 31.0 Å². The van der Waals surface area contributed by atoms with Crippen molar-refractivity contribution in [3.05, 3.63) is 0 Å². The summed E-state index contributed by atoms with van der Waals surface area (Å²) in [6, 6.07) is 0. The van der Waals surface area contributed by atoms with E-state index in [4.69, 9.17) is 5.11 Å². The highest BCUT2D eigenvalue weighted by molar-refractivity contribution is 7.91. The molecular weight excluding hydrogens is 180 g/mol. The van der Waals surface area contributed by atoms with Gasteiger partial charge in [-0.15, -0.1) is 0 Å². The van der Waals surface area contributed by atoms with Crippen LogP contribution in [0, 0.1) is 17.8 Å². The van der Waals surface area contributed by atoms with Crippen LogP contribution in [0.25, 0.3) is 0 Å². The Hall–Kier alpha value is -1.02. The summed E-state index contributed by atoms with van der Waals surface area (Å²) in [4.78, 5) is 9.99. The van der Waals surface area contributed by atoms with Gasteiger partial charge in [-0.05, 0) is 6.42 Å². The van der Waals surface area contributed by atoms with Gasteiger partial charge in [0.25, 0.3) is 0 Å². The number of sulfone groups is 1. The van der Waals surface area contributed by atoms with Crippen LogP contribution < -0.4 is 0 Å². The number of carboxylic acids is 1. The van der Waals surface area contributed by atoms with Crippen molar-refractivity contribution in [1.29, 1.82) is 0 Å². The van der Waals surface area contributed by atoms with E-state index in [-0.39, 0.29) is 17.4 Å². The fourth-order valence-corrected chi connectivity index (χ4v) is 2.75. The van der Waals surface area contributed by atoms with Gasteiger partial charge in [0.15, 0.2) is 9.84 Å². The summed E-state index contributed by atoms with van der Waals surface area (Å²) >= 11 is 0.